The van der Waals surface area contributed by atoms with Crippen LogP contribution in [0.5, 0.6) is 0 Å². The Morgan fingerprint density at radius 3 is 2.73 bits per heavy atom. The first-order valence-electron chi connectivity index (χ1n) is 8.25. The van der Waals surface area contributed by atoms with E-state index in [2.05, 4.69) is 52.7 Å². The lowest BCUT2D eigenvalue weighted by Crippen LogP contribution is -2.32. The van der Waals surface area contributed by atoms with Crippen LogP contribution in [0.1, 0.15) is 31.7 Å². The van der Waals surface area contributed by atoms with E-state index in [1.54, 1.807) is 0 Å². The molecule has 1 aliphatic carbocycles. The van der Waals surface area contributed by atoms with Gasteiger partial charge in [-0.25, -0.2) is 0 Å². The molecule has 3 rings (SSSR count). The molecule has 1 aliphatic rings. The molecule has 2 aromatic rings. The van der Waals surface area contributed by atoms with Crippen molar-refractivity contribution in [3.8, 4) is 0 Å². The van der Waals surface area contributed by atoms with Gasteiger partial charge in [-0.05, 0) is 36.1 Å². The predicted molar refractivity (Wildman–Crippen MR) is 90.7 cm³/mol. The van der Waals surface area contributed by atoms with Gasteiger partial charge in [0.1, 0.15) is 0 Å². The van der Waals surface area contributed by atoms with E-state index < -0.39 is 0 Å². The number of amides is 1. The fraction of sp³-hybridized carbons (Fsp3) is 0.421. The first-order valence-corrected chi connectivity index (χ1v) is 8.25. The lowest BCUT2D eigenvalue weighted by molar-refractivity contribution is -0.121. The van der Waals surface area contributed by atoms with Crippen molar-refractivity contribution in [2.24, 2.45) is 0 Å². The number of nitrogens with zero attached hydrogens (tertiary/aromatic N) is 1. The fourth-order valence-corrected chi connectivity index (χ4v) is 3.01. The molecule has 116 valence electrons. The normalized spacial score (nSPS) is 14.5. The third-order valence-corrected chi connectivity index (χ3v) is 4.32. The average Bonchev–Trinajstić information content (AvgIpc) is 3.36. The summed E-state index contributed by atoms with van der Waals surface area (Å²) >= 11 is 0. The van der Waals surface area contributed by atoms with Gasteiger partial charge in [0.25, 0.3) is 0 Å². The van der Waals surface area contributed by atoms with Crippen molar-refractivity contribution in [3.05, 3.63) is 48.0 Å². The number of fused-ring (bicyclic) bond motifs is 1. The second-order valence-electron chi connectivity index (χ2n) is 6.04. The molecule has 0 radical (unpaired) electrons. The van der Waals surface area contributed by atoms with E-state index in [1.807, 2.05) is 6.92 Å². The Bertz CT molecular complexity index is 643. The molecule has 22 heavy (non-hydrogen) atoms. The van der Waals surface area contributed by atoms with Crippen molar-refractivity contribution in [1.29, 1.82) is 0 Å². The van der Waals surface area contributed by atoms with Gasteiger partial charge in [-0.2, -0.15) is 0 Å². The molecular weight excluding hydrogens is 272 g/mol. The van der Waals surface area contributed by atoms with Crippen LogP contribution >= 0.6 is 0 Å². The highest BCUT2D eigenvalue weighted by atomic mass is 16.1. The highest BCUT2D eigenvalue weighted by molar-refractivity contribution is 5.85. The van der Waals surface area contributed by atoms with Gasteiger partial charge < -0.3 is 5.32 Å². The molecule has 1 fully saturated rings. The van der Waals surface area contributed by atoms with E-state index >= 15 is 0 Å². The topological polar surface area (TPSA) is 32.3 Å². The molecule has 1 N–H and O–H groups in total. The van der Waals surface area contributed by atoms with Gasteiger partial charge in [0.05, 0.1) is 0 Å². The van der Waals surface area contributed by atoms with Crippen LogP contribution in [0.3, 0.4) is 0 Å². The minimum absolute atomic E-state index is 0.158. The Balaban J connectivity index is 1.71. The number of carbonyl (C=O) groups excluding carboxylic acids is 1. The van der Waals surface area contributed by atoms with E-state index in [9.17, 15) is 4.79 Å². The highest BCUT2D eigenvalue weighted by Crippen LogP contribution is 2.30. The smallest absolute Gasteiger partial charge is 0.221 e. The van der Waals surface area contributed by atoms with Crippen LogP contribution in [-0.4, -0.2) is 29.9 Å². The van der Waals surface area contributed by atoms with Gasteiger partial charge in [-0.1, -0.05) is 42.5 Å². The van der Waals surface area contributed by atoms with E-state index in [4.69, 9.17) is 0 Å². The van der Waals surface area contributed by atoms with Crippen molar-refractivity contribution in [3.63, 3.8) is 0 Å². The van der Waals surface area contributed by atoms with Crippen LogP contribution in [-0.2, 0) is 11.3 Å². The molecule has 3 nitrogen and oxygen atoms in total. The van der Waals surface area contributed by atoms with Crippen molar-refractivity contribution in [1.82, 2.24) is 10.2 Å². The average molecular weight is 296 g/mol. The van der Waals surface area contributed by atoms with Crippen LogP contribution in [0.2, 0.25) is 0 Å². The number of benzene rings is 2. The summed E-state index contributed by atoms with van der Waals surface area (Å²) in [5.41, 5.74) is 1.36. The van der Waals surface area contributed by atoms with Crippen LogP contribution in [0.4, 0.5) is 0 Å². The molecule has 0 heterocycles. The largest absolute Gasteiger partial charge is 0.356 e. The Labute approximate surface area is 132 Å². The summed E-state index contributed by atoms with van der Waals surface area (Å²) in [5, 5.41) is 5.51. The molecule has 0 aliphatic heterocycles. The van der Waals surface area contributed by atoms with Gasteiger partial charge in [-0.15, -0.1) is 0 Å². The van der Waals surface area contributed by atoms with Crippen molar-refractivity contribution >= 4 is 16.7 Å². The van der Waals surface area contributed by atoms with Crippen molar-refractivity contribution in [2.75, 3.05) is 13.1 Å². The lowest BCUT2D eigenvalue weighted by Gasteiger charge is -2.22. The number of carbonyl (C=O) groups is 1. The summed E-state index contributed by atoms with van der Waals surface area (Å²) in [7, 11) is 0. The molecule has 0 aromatic heterocycles. The maximum Gasteiger partial charge on any atom is 0.221 e. The molecule has 0 atom stereocenters. The lowest BCUT2D eigenvalue weighted by atomic mass is 10.0. The van der Waals surface area contributed by atoms with Gasteiger partial charge in [-0.3, -0.25) is 9.69 Å². The van der Waals surface area contributed by atoms with E-state index in [0.717, 1.165) is 13.1 Å². The molecule has 0 bridgehead atoms. The predicted octanol–water partition coefficient (Wildman–Crippen LogP) is 3.33. The molecule has 2 aromatic carbocycles. The number of hydrogen-bond acceptors (Lipinski definition) is 2. The summed E-state index contributed by atoms with van der Waals surface area (Å²) in [5.74, 6) is 0.158. The fourth-order valence-electron chi connectivity index (χ4n) is 3.01. The highest BCUT2D eigenvalue weighted by Gasteiger charge is 2.29. The molecule has 0 unspecified atom stereocenters. The van der Waals surface area contributed by atoms with Gasteiger partial charge in [0.2, 0.25) is 5.91 Å². The number of hydrogen-bond donors (Lipinski definition) is 1. The first-order chi connectivity index (χ1) is 10.8. The zero-order chi connectivity index (χ0) is 15.4. The maximum absolute atomic E-state index is 11.7. The summed E-state index contributed by atoms with van der Waals surface area (Å²) in [4.78, 5) is 14.2. The Hall–Kier alpha value is -1.87. The van der Waals surface area contributed by atoms with Crippen LogP contribution in [0, 0.1) is 0 Å². The molecule has 0 spiro atoms. The monoisotopic (exact) mass is 296 g/mol. The van der Waals surface area contributed by atoms with E-state index in [0.29, 0.717) is 19.0 Å². The molecule has 1 amide bonds. The third-order valence-electron chi connectivity index (χ3n) is 4.32. The summed E-state index contributed by atoms with van der Waals surface area (Å²) in [6.07, 6.45) is 3.12. The number of nitrogens with one attached hydrogen (secondary N) is 1. The maximum atomic E-state index is 11.7. The van der Waals surface area contributed by atoms with Gasteiger partial charge in [0, 0.05) is 32.1 Å². The van der Waals surface area contributed by atoms with E-state index in [-0.39, 0.29) is 5.91 Å². The second-order valence-corrected chi connectivity index (χ2v) is 6.04. The minimum atomic E-state index is 0.158. The van der Waals surface area contributed by atoms with E-state index in [1.165, 1.54) is 29.2 Å². The molecule has 1 saturated carbocycles. The minimum Gasteiger partial charge on any atom is -0.356 e. The van der Waals surface area contributed by atoms with Gasteiger partial charge >= 0.3 is 0 Å². The van der Waals surface area contributed by atoms with Gasteiger partial charge in [0.15, 0.2) is 0 Å². The zero-order valence-corrected chi connectivity index (χ0v) is 13.2. The Morgan fingerprint density at radius 1 is 1.18 bits per heavy atom. The van der Waals surface area contributed by atoms with Crippen LogP contribution in [0.25, 0.3) is 10.8 Å². The van der Waals surface area contributed by atoms with Crippen LogP contribution in [0.15, 0.2) is 42.5 Å². The SMILES string of the molecule is CCNC(=O)CCN(Cc1cccc2ccccc12)C1CC1. The molecular formula is C19H24N2O. The van der Waals surface area contributed by atoms with Crippen molar-refractivity contribution < 1.29 is 4.79 Å². The standard InChI is InChI=1S/C19H24N2O/c1-2-20-19(22)12-13-21(17-10-11-17)14-16-8-5-7-15-6-3-4-9-18(15)16/h3-9,17H,2,10-14H2,1H3,(H,20,22). The summed E-state index contributed by atoms with van der Waals surface area (Å²) in [6, 6.07) is 15.7. The number of rotatable bonds is 7. The summed E-state index contributed by atoms with van der Waals surface area (Å²) < 4.78 is 0. The van der Waals surface area contributed by atoms with Crippen LogP contribution < -0.4 is 5.32 Å². The Morgan fingerprint density at radius 2 is 1.95 bits per heavy atom. The zero-order valence-electron chi connectivity index (χ0n) is 13.2. The molecule has 3 heteroatoms. The summed E-state index contributed by atoms with van der Waals surface area (Å²) in [6.45, 7) is 4.46. The quantitative estimate of drug-likeness (QED) is 0.850. The molecule has 0 saturated heterocycles. The third kappa shape index (κ3) is 3.66. The van der Waals surface area contributed by atoms with Crippen molar-refractivity contribution in [2.45, 2.75) is 38.8 Å². The second kappa shape index (κ2) is 6.93. The first kappa shape index (κ1) is 15.0. The Kier molecular flexibility index (Phi) is 4.74.